The van der Waals surface area contributed by atoms with E-state index in [2.05, 4.69) is 0 Å². The second kappa shape index (κ2) is 6.86. The fourth-order valence-electron chi connectivity index (χ4n) is 1.56. The predicted octanol–water partition coefficient (Wildman–Crippen LogP) is -0.205. The largest absolute Gasteiger partial charge is 0.369 e. The lowest BCUT2D eigenvalue weighted by Crippen LogP contribution is -2.42. The van der Waals surface area contributed by atoms with E-state index in [-0.39, 0.29) is 25.4 Å². The Morgan fingerprint density at radius 3 is 2.11 bits per heavy atom. The van der Waals surface area contributed by atoms with Gasteiger partial charge in [-0.05, 0) is 12.1 Å². The number of halogens is 1. The van der Waals surface area contributed by atoms with Crippen LogP contribution in [0.25, 0.3) is 0 Å². The number of carbonyl (C=O) groups is 3. The van der Waals surface area contributed by atoms with Gasteiger partial charge in [0.05, 0.1) is 19.6 Å². The lowest BCUT2D eigenvalue weighted by molar-refractivity contribution is -0.121. The highest BCUT2D eigenvalue weighted by molar-refractivity contribution is 6.31. The van der Waals surface area contributed by atoms with Crippen LogP contribution in [0.2, 0.25) is 5.02 Å². The van der Waals surface area contributed by atoms with Gasteiger partial charge in [0.15, 0.2) is 5.78 Å². The minimum absolute atomic E-state index is 0.133. The molecule has 102 valence electrons. The Kier molecular flexibility index (Phi) is 5.47. The first kappa shape index (κ1) is 15.1. The molecule has 2 amide bonds. The van der Waals surface area contributed by atoms with E-state index < -0.39 is 11.8 Å². The fraction of sp³-hybridized carbons (Fsp3) is 0.250. The summed E-state index contributed by atoms with van der Waals surface area (Å²) in [6.07, 6.45) is 0. The molecule has 0 radical (unpaired) electrons. The van der Waals surface area contributed by atoms with E-state index in [1.165, 1.54) is 11.0 Å². The summed E-state index contributed by atoms with van der Waals surface area (Å²) < 4.78 is 0. The molecule has 19 heavy (non-hydrogen) atoms. The van der Waals surface area contributed by atoms with Crippen LogP contribution < -0.4 is 11.5 Å². The normalized spacial score (nSPS) is 10.4. The van der Waals surface area contributed by atoms with Gasteiger partial charge in [-0.3, -0.25) is 19.3 Å². The van der Waals surface area contributed by atoms with Gasteiger partial charge in [0, 0.05) is 10.6 Å². The second-order valence-electron chi connectivity index (χ2n) is 4.01. The van der Waals surface area contributed by atoms with Crippen molar-refractivity contribution < 1.29 is 14.4 Å². The number of amides is 2. The van der Waals surface area contributed by atoms with Crippen molar-refractivity contribution in [2.75, 3.05) is 19.6 Å². The Hall–Kier alpha value is -1.92. The standard InChI is InChI=1S/C12H14ClN3O3/c13-9-3-1-2-8(4-9)10(17)5-16(6-11(14)18)7-12(15)19/h1-4H,5-7H2,(H2,14,18)(H2,15,19). The third-order valence-electron chi connectivity index (χ3n) is 2.27. The zero-order valence-corrected chi connectivity index (χ0v) is 10.9. The van der Waals surface area contributed by atoms with Crippen molar-refractivity contribution in [3.8, 4) is 0 Å². The van der Waals surface area contributed by atoms with Gasteiger partial charge in [-0.2, -0.15) is 0 Å². The lowest BCUT2D eigenvalue weighted by atomic mass is 10.1. The average molecular weight is 284 g/mol. The highest BCUT2D eigenvalue weighted by atomic mass is 35.5. The summed E-state index contributed by atoms with van der Waals surface area (Å²) in [5.74, 6) is -1.55. The first-order valence-electron chi connectivity index (χ1n) is 5.46. The van der Waals surface area contributed by atoms with Crippen molar-refractivity contribution in [1.82, 2.24) is 4.90 Å². The van der Waals surface area contributed by atoms with Crippen molar-refractivity contribution in [3.63, 3.8) is 0 Å². The summed E-state index contributed by atoms with van der Waals surface area (Å²) >= 11 is 5.78. The van der Waals surface area contributed by atoms with Crippen LogP contribution in [0.1, 0.15) is 10.4 Å². The van der Waals surface area contributed by atoms with E-state index in [0.717, 1.165) is 0 Å². The van der Waals surface area contributed by atoms with Crippen molar-refractivity contribution in [3.05, 3.63) is 34.9 Å². The molecule has 0 saturated heterocycles. The molecule has 0 aliphatic rings. The zero-order valence-electron chi connectivity index (χ0n) is 10.1. The molecule has 0 saturated carbocycles. The molecule has 4 N–H and O–H groups in total. The van der Waals surface area contributed by atoms with Gasteiger partial charge in [-0.15, -0.1) is 0 Å². The fourth-order valence-corrected chi connectivity index (χ4v) is 1.76. The van der Waals surface area contributed by atoms with Gasteiger partial charge in [0.25, 0.3) is 0 Å². The van der Waals surface area contributed by atoms with Crippen molar-refractivity contribution in [2.45, 2.75) is 0 Å². The number of primary amides is 2. The minimum atomic E-state index is -0.639. The number of rotatable bonds is 7. The molecule has 0 heterocycles. The minimum Gasteiger partial charge on any atom is -0.369 e. The smallest absolute Gasteiger partial charge is 0.231 e. The number of nitrogens with two attached hydrogens (primary N) is 2. The predicted molar refractivity (Wildman–Crippen MR) is 70.6 cm³/mol. The van der Waals surface area contributed by atoms with E-state index in [1.54, 1.807) is 18.2 Å². The highest BCUT2D eigenvalue weighted by Crippen LogP contribution is 2.11. The summed E-state index contributed by atoms with van der Waals surface area (Å²) in [5, 5.41) is 0.433. The van der Waals surface area contributed by atoms with E-state index in [4.69, 9.17) is 23.1 Å². The van der Waals surface area contributed by atoms with Crippen LogP contribution in [0.15, 0.2) is 24.3 Å². The Labute approximate surface area is 115 Å². The van der Waals surface area contributed by atoms with Crippen LogP contribution in [0, 0.1) is 0 Å². The number of benzene rings is 1. The molecule has 0 fully saturated rings. The van der Waals surface area contributed by atoms with Crippen LogP contribution in [-0.2, 0) is 9.59 Å². The quantitative estimate of drug-likeness (QED) is 0.676. The van der Waals surface area contributed by atoms with Gasteiger partial charge in [-0.25, -0.2) is 0 Å². The first-order valence-corrected chi connectivity index (χ1v) is 5.84. The van der Waals surface area contributed by atoms with Gasteiger partial charge < -0.3 is 11.5 Å². The summed E-state index contributed by atoms with van der Waals surface area (Å²) in [7, 11) is 0. The van der Waals surface area contributed by atoms with Crippen LogP contribution in [0.3, 0.4) is 0 Å². The SMILES string of the molecule is NC(=O)CN(CC(N)=O)CC(=O)c1cccc(Cl)c1. The van der Waals surface area contributed by atoms with Crippen molar-refractivity contribution >= 4 is 29.2 Å². The molecule has 1 rings (SSSR count). The summed E-state index contributed by atoms with van der Waals surface area (Å²) in [6.45, 7) is -0.559. The Morgan fingerprint density at radius 1 is 1.05 bits per heavy atom. The number of carbonyl (C=O) groups excluding carboxylic acids is 3. The number of hydrogen-bond acceptors (Lipinski definition) is 4. The number of Topliss-reactive ketones (excluding diaryl/α,β-unsaturated/α-hetero) is 1. The maximum Gasteiger partial charge on any atom is 0.231 e. The first-order chi connectivity index (χ1) is 8.88. The molecule has 0 aromatic heterocycles. The van der Waals surface area contributed by atoms with Crippen molar-refractivity contribution in [1.29, 1.82) is 0 Å². The summed E-state index contributed by atoms with van der Waals surface area (Å²) in [6, 6.07) is 6.39. The van der Waals surface area contributed by atoms with Crippen molar-refractivity contribution in [2.24, 2.45) is 11.5 Å². The Balaban J connectivity index is 2.75. The van der Waals surface area contributed by atoms with Gasteiger partial charge in [0.1, 0.15) is 0 Å². The van der Waals surface area contributed by atoms with E-state index in [9.17, 15) is 14.4 Å². The van der Waals surface area contributed by atoms with E-state index in [1.807, 2.05) is 0 Å². The van der Waals surface area contributed by atoms with Gasteiger partial charge in [0.2, 0.25) is 11.8 Å². The van der Waals surface area contributed by atoms with Crippen LogP contribution in [0.5, 0.6) is 0 Å². The third-order valence-corrected chi connectivity index (χ3v) is 2.51. The Morgan fingerprint density at radius 2 is 1.63 bits per heavy atom. The topological polar surface area (TPSA) is 106 Å². The summed E-state index contributed by atoms with van der Waals surface area (Å²) in [4.78, 5) is 35.0. The maximum atomic E-state index is 12.0. The number of hydrogen-bond donors (Lipinski definition) is 2. The lowest BCUT2D eigenvalue weighted by Gasteiger charge is -2.17. The van der Waals surface area contributed by atoms with E-state index in [0.29, 0.717) is 10.6 Å². The molecule has 1 aromatic carbocycles. The molecule has 1 aromatic rings. The highest BCUT2D eigenvalue weighted by Gasteiger charge is 2.16. The van der Waals surface area contributed by atoms with E-state index >= 15 is 0 Å². The molecule has 0 atom stereocenters. The van der Waals surface area contributed by atoms with Crippen LogP contribution in [0.4, 0.5) is 0 Å². The molecular weight excluding hydrogens is 270 g/mol. The second-order valence-corrected chi connectivity index (χ2v) is 4.45. The zero-order chi connectivity index (χ0) is 14.4. The molecule has 0 aliphatic heterocycles. The molecule has 0 unspecified atom stereocenters. The summed E-state index contributed by atoms with van der Waals surface area (Å²) in [5.41, 5.74) is 10.5. The molecule has 0 aliphatic carbocycles. The van der Waals surface area contributed by atoms with Gasteiger partial charge in [-0.1, -0.05) is 23.7 Å². The van der Waals surface area contributed by atoms with Crippen LogP contribution in [-0.4, -0.2) is 42.1 Å². The molecule has 0 bridgehead atoms. The third kappa shape index (κ3) is 5.50. The average Bonchev–Trinajstić information content (AvgIpc) is 2.26. The molecule has 6 nitrogen and oxygen atoms in total. The maximum absolute atomic E-state index is 12.0. The molecule has 7 heteroatoms. The molecular formula is C12H14ClN3O3. The Bertz CT molecular complexity index is 489. The molecule has 0 spiro atoms. The number of ketones is 1. The monoisotopic (exact) mass is 283 g/mol. The van der Waals surface area contributed by atoms with Crippen LogP contribution >= 0.6 is 11.6 Å². The van der Waals surface area contributed by atoms with Gasteiger partial charge >= 0.3 is 0 Å². The number of nitrogens with zero attached hydrogens (tertiary/aromatic N) is 1.